The summed E-state index contributed by atoms with van der Waals surface area (Å²) in [4.78, 5) is 16.1. The molecule has 0 radical (unpaired) electrons. The van der Waals surface area contributed by atoms with Gasteiger partial charge in [0.05, 0.1) is 24.4 Å². The lowest BCUT2D eigenvalue weighted by Gasteiger charge is -2.22. The lowest BCUT2D eigenvalue weighted by atomic mass is 10.1. The number of nitrogens with zero attached hydrogens (tertiary/aromatic N) is 3. The maximum atomic E-state index is 11.8. The third-order valence-electron chi connectivity index (χ3n) is 4.98. The van der Waals surface area contributed by atoms with Crippen LogP contribution in [-0.2, 0) is 4.74 Å². The third kappa shape index (κ3) is 5.97. The van der Waals surface area contributed by atoms with Crippen molar-refractivity contribution in [3.05, 3.63) is 48.3 Å². The van der Waals surface area contributed by atoms with Gasteiger partial charge in [0.25, 0.3) is 0 Å². The summed E-state index contributed by atoms with van der Waals surface area (Å²) in [7, 11) is 1.74. The van der Waals surface area contributed by atoms with Gasteiger partial charge in [0.2, 0.25) is 0 Å². The van der Waals surface area contributed by atoms with E-state index in [-0.39, 0.29) is 18.2 Å². The molecule has 156 valence electrons. The molecule has 3 rings (SSSR count). The highest BCUT2D eigenvalue weighted by molar-refractivity contribution is 5.80. The van der Waals surface area contributed by atoms with E-state index in [2.05, 4.69) is 45.1 Å². The van der Waals surface area contributed by atoms with Gasteiger partial charge in [0, 0.05) is 26.0 Å². The molecule has 1 aromatic carbocycles. The Morgan fingerprint density at radius 1 is 1.34 bits per heavy atom. The molecule has 1 amide bonds. The van der Waals surface area contributed by atoms with Crippen molar-refractivity contribution in [2.75, 3.05) is 20.2 Å². The number of nitrogens with one attached hydrogen (secondary N) is 3. The highest BCUT2D eigenvalue weighted by atomic mass is 16.5. The number of hydrogen-bond acceptors (Lipinski definition) is 4. The minimum absolute atomic E-state index is 0.0334. The topological polar surface area (TPSA) is 92.6 Å². The van der Waals surface area contributed by atoms with Crippen LogP contribution in [0.5, 0.6) is 0 Å². The second-order valence-corrected chi connectivity index (χ2v) is 7.17. The van der Waals surface area contributed by atoms with E-state index >= 15 is 0 Å². The van der Waals surface area contributed by atoms with Crippen LogP contribution in [0.1, 0.15) is 38.3 Å². The van der Waals surface area contributed by atoms with E-state index in [9.17, 15) is 4.79 Å². The van der Waals surface area contributed by atoms with Crippen LogP contribution in [0, 0.1) is 5.92 Å². The summed E-state index contributed by atoms with van der Waals surface area (Å²) < 4.78 is 6.85. The van der Waals surface area contributed by atoms with E-state index in [0.717, 1.165) is 24.1 Å². The van der Waals surface area contributed by atoms with Crippen LogP contribution in [0.25, 0.3) is 5.69 Å². The molecule has 0 saturated heterocycles. The number of benzene rings is 1. The fourth-order valence-corrected chi connectivity index (χ4v) is 3.21. The minimum atomic E-state index is -0.363. The maximum absolute atomic E-state index is 11.8. The van der Waals surface area contributed by atoms with E-state index in [1.165, 1.54) is 0 Å². The molecule has 0 bridgehead atoms. The Morgan fingerprint density at radius 3 is 2.83 bits per heavy atom. The van der Waals surface area contributed by atoms with Crippen molar-refractivity contribution in [1.29, 1.82) is 0 Å². The Labute approximate surface area is 171 Å². The molecule has 2 unspecified atom stereocenters. The van der Waals surface area contributed by atoms with Gasteiger partial charge in [-0.2, -0.15) is 5.10 Å². The van der Waals surface area contributed by atoms with Gasteiger partial charge in [-0.3, -0.25) is 4.99 Å². The molecule has 2 aromatic rings. The first-order chi connectivity index (χ1) is 14.1. The van der Waals surface area contributed by atoms with Crippen molar-refractivity contribution in [3.8, 4) is 5.69 Å². The number of ether oxygens (including phenoxy) is 1. The number of aromatic nitrogens is 2. The smallest absolute Gasteiger partial charge is 0.407 e. The standard InChI is InChI=1S/C21H30N6O2/c1-4-29-21(28)26-19(16-9-10-16)14-23-20(22-3)25-15(2)17-7-5-8-18(13-17)27-12-6-11-24-27/h5-8,11-13,15-16,19H,4,9-10,14H2,1-3H3,(H,26,28)(H2,22,23,25). The summed E-state index contributed by atoms with van der Waals surface area (Å²) in [6.45, 7) is 4.86. The predicted molar refractivity (Wildman–Crippen MR) is 113 cm³/mol. The minimum Gasteiger partial charge on any atom is -0.450 e. The molecule has 2 atom stereocenters. The first-order valence-corrected chi connectivity index (χ1v) is 10.1. The van der Waals surface area contributed by atoms with Crippen LogP contribution in [0.2, 0.25) is 0 Å². The summed E-state index contributed by atoms with van der Waals surface area (Å²) in [5.41, 5.74) is 2.14. The van der Waals surface area contributed by atoms with E-state index < -0.39 is 0 Å². The van der Waals surface area contributed by atoms with Crippen molar-refractivity contribution >= 4 is 12.1 Å². The number of amides is 1. The zero-order chi connectivity index (χ0) is 20.6. The Kier molecular flexibility index (Phi) is 7.10. The van der Waals surface area contributed by atoms with Crippen LogP contribution in [0.15, 0.2) is 47.7 Å². The van der Waals surface area contributed by atoms with Gasteiger partial charge in [0.1, 0.15) is 0 Å². The average Bonchev–Trinajstić information content (AvgIpc) is 3.43. The lowest BCUT2D eigenvalue weighted by molar-refractivity contribution is 0.146. The maximum Gasteiger partial charge on any atom is 0.407 e. The molecular weight excluding hydrogens is 368 g/mol. The Balaban J connectivity index is 1.56. The van der Waals surface area contributed by atoms with E-state index in [1.54, 1.807) is 20.2 Å². The molecule has 29 heavy (non-hydrogen) atoms. The zero-order valence-electron chi connectivity index (χ0n) is 17.3. The Bertz CT molecular complexity index is 816. The summed E-state index contributed by atoms with van der Waals surface area (Å²) >= 11 is 0. The van der Waals surface area contributed by atoms with Crippen LogP contribution in [0.4, 0.5) is 4.79 Å². The van der Waals surface area contributed by atoms with Gasteiger partial charge >= 0.3 is 6.09 Å². The van der Waals surface area contributed by atoms with Crippen LogP contribution in [0.3, 0.4) is 0 Å². The lowest BCUT2D eigenvalue weighted by Crippen LogP contribution is -2.48. The van der Waals surface area contributed by atoms with Gasteiger partial charge in [-0.05, 0) is 56.4 Å². The van der Waals surface area contributed by atoms with Crippen LogP contribution >= 0.6 is 0 Å². The fourth-order valence-electron chi connectivity index (χ4n) is 3.21. The average molecular weight is 399 g/mol. The van der Waals surface area contributed by atoms with Gasteiger partial charge in [-0.1, -0.05) is 12.1 Å². The summed E-state index contributed by atoms with van der Waals surface area (Å²) in [5.74, 6) is 1.19. The highest BCUT2D eigenvalue weighted by Gasteiger charge is 2.32. The molecule has 1 heterocycles. The van der Waals surface area contributed by atoms with E-state index in [1.807, 2.05) is 29.1 Å². The number of hydrogen-bond donors (Lipinski definition) is 3. The number of carbonyl (C=O) groups excluding carboxylic acids is 1. The molecule has 1 aromatic heterocycles. The van der Waals surface area contributed by atoms with E-state index in [0.29, 0.717) is 25.0 Å². The summed E-state index contributed by atoms with van der Waals surface area (Å²) in [6, 6.07) is 10.2. The van der Waals surface area contributed by atoms with Crippen molar-refractivity contribution in [3.63, 3.8) is 0 Å². The number of carbonyl (C=O) groups is 1. The molecule has 1 aliphatic carbocycles. The molecular formula is C21H30N6O2. The van der Waals surface area contributed by atoms with Gasteiger partial charge < -0.3 is 20.7 Å². The monoisotopic (exact) mass is 398 g/mol. The second-order valence-electron chi connectivity index (χ2n) is 7.17. The first kappa shape index (κ1) is 20.7. The number of aliphatic imine (C=N–C) groups is 1. The summed E-state index contributed by atoms with van der Waals surface area (Å²) in [5, 5.41) is 14.0. The Hall–Kier alpha value is -3.03. The summed E-state index contributed by atoms with van der Waals surface area (Å²) in [6.07, 6.45) is 5.58. The normalized spacial score (nSPS) is 16.0. The number of guanidine groups is 1. The molecule has 8 heteroatoms. The molecule has 0 spiro atoms. The van der Waals surface area contributed by atoms with Crippen LogP contribution in [-0.4, -0.2) is 48.1 Å². The van der Waals surface area contributed by atoms with Gasteiger partial charge in [-0.15, -0.1) is 0 Å². The molecule has 3 N–H and O–H groups in total. The van der Waals surface area contributed by atoms with Crippen molar-refractivity contribution in [2.24, 2.45) is 10.9 Å². The quantitative estimate of drug-likeness (QED) is 0.470. The SMILES string of the molecule is CCOC(=O)NC(CNC(=NC)NC(C)c1cccc(-n2cccn2)c1)C1CC1. The van der Waals surface area contributed by atoms with Crippen molar-refractivity contribution in [1.82, 2.24) is 25.7 Å². The zero-order valence-corrected chi connectivity index (χ0v) is 17.3. The molecule has 1 fully saturated rings. The van der Waals surface area contributed by atoms with Crippen LogP contribution < -0.4 is 16.0 Å². The number of alkyl carbamates (subject to hydrolysis) is 1. The fraction of sp³-hybridized carbons (Fsp3) is 0.476. The molecule has 0 aliphatic heterocycles. The largest absolute Gasteiger partial charge is 0.450 e. The highest BCUT2D eigenvalue weighted by Crippen LogP contribution is 2.32. The van der Waals surface area contributed by atoms with E-state index in [4.69, 9.17) is 4.74 Å². The predicted octanol–water partition coefficient (Wildman–Crippen LogP) is 2.62. The van der Waals surface area contributed by atoms with Crippen molar-refractivity contribution in [2.45, 2.75) is 38.8 Å². The van der Waals surface area contributed by atoms with Gasteiger partial charge in [0.15, 0.2) is 5.96 Å². The van der Waals surface area contributed by atoms with Crippen molar-refractivity contribution < 1.29 is 9.53 Å². The van der Waals surface area contributed by atoms with Gasteiger partial charge in [-0.25, -0.2) is 9.48 Å². The Morgan fingerprint density at radius 2 is 2.17 bits per heavy atom. The first-order valence-electron chi connectivity index (χ1n) is 10.1. The second kappa shape index (κ2) is 9.95. The number of rotatable bonds is 8. The molecule has 8 nitrogen and oxygen atoms in total. The third-order valence-corrected chi connectivity index (χ3v) is 4.98. The molecule has 1 aliphatic rings. The molecule has 1 saturated carbocycles.